The normalized spacial score (nSPS) is 12.4. The van der Waals surface area contributed by atoms with Crippen molar-refractivity contribution in [2.75, 3.05) is 32.1 Å². The Balaban J connectivity index is 4.89. The van der Waals surface area contributed by atoms with Crippen molar-refractivity contribution in [1.82, 2.24) is 5.32 Å². The lowest BCUT2D eigenvalue weighted by atomic mass is 10.0. The van der Waals surface area contributed by atoms with Crippen molar-refractivity contribution in [2.24, 2.45) is 0 Å². The van der Waals surface area contributed by atoms with Crippen LogP contribution in [0, 0.1) is 0 Å². The average Bonchev–Trinajstić information content (AvgIpc) is 3.34. The van der Waals surface area contributed by atoms with Crippen LogP contribution in [0.1, 0.15) is 252 Å². The maximum Gasteiger partial charge on any atom is 0.305 e. The summed E-state index contributed by atoms with van der Waals surface area (Å²) in [7, 11) is 0. The van der Waals surface area contributed by atoms with Gasteiger partial charge in [0.25, 0.3) is 0 Å². The highest BCUT2D eigenvalue weighted by Gasteiger charge is 2.35. The molecule has 0 spiro atoms. The summed E-state index contributed by atoms with van der Waals surface area (Å²) < 4.78 is 17.5. The summed E-state index contributed by atoms with van der Waals surface area (Å²) in [5.41, 5.74) is -1.06. The molecule has 0 aromatic heterocycles. The van der Waals surface area contributed by atoms with Gasteiger partial charge in [-0.05, 0) is 116 Å². The Morgan fingerprint density at radius 1 is 0.368 bits per heavy atom. The molecule has 0 saturated carbocycles. The summed E-state index contributed by atoms with van der Waals surface area (Å²) in [5, 5.41) is 3.38. The first-order valence-electron chi connectivity index (χ1n) is 28.2. The summed E-state index contributed by atoms with van der Waals surface area (Å²) in [6, 6.07) is 0. The largest absolute Gasteiger partial charge is 0.463 e. The molecular weight excluding hydrogens is 863 g/mol. The predicted octanol–water partition coefficient (Wildman–Crippen LogP) is 17.3. The first kappa shape index (κ1) is 65.2. The van der Waals surface area contributed by atoms with E-state index in [0.29, 0.717) is 31.6 Å². The number of carbonyl (C=O) groups is 3. The number of carbonyl (C=O) groups excluding carboxylic acids is 3. The topological polar surface area (TPSA) is 90.9 Å². The van der Waals surface area contributed by atoms with Crippen LogP contribution in [0.4, 0.5) is 0 Å². The fourth-order valence-electron chi connectivity index (χ4n) is 7.71. The van der Waals surface area contributed by atoms with Crippen LogP contribution in [0.3, 0.4) is 0 Å². The second kappa shape index (κ2) is 53.5. The van der Waals surface area contributed by atoms with Gasteiger partial charge in [0.1, 0.15) is 25.4 Å². The molecule has 392 valence electrons. The van der Waals surface area contributed by atoms with Gasteiger partial charge in [-0.2, -0.15) is 12.6 Å². The van der Waals surface area contributed by atoms with Gasteiger partial charge in [-0.15, -0.1) is 0 Å². The molecule has 0 bridgehead atoms. The molecule has 0 fully saturated rings. The van der Waals surface area contributed by atoms with E-state index in [4.69, 9.17) is 14.2 Å². The minimum absolute atomic E-state index is 0.0617. The number of ether oxygens (including phenoxy) is 3. The molecule has 0 radical (unpaired) electrons. The van der Waals surface area contributed by atoms with Gasteiger partial charge in [-0.3, -0.25) is 14.4 Å². The van der Waals surface area contributed by atoms with E-state index in [2.05, 4.69) is 112 Å². The number of thiol groups is 1. The Hall–Kier alpha value is -2.84. The molecule has 0 aromatic carbocycles. The van der Waals surface area contributed by atoms with Gasteiger partial charge in [0, 0.05) is 31.6 Å². The van der Waals surface area contributed by atoms with Crippen LogP contribution in [0.15, 0.2) is 72.9 Å². The van der Waals surface area contributed by atoms with Crippen molar-refractivity contribution >= 4 is 30.5 Å². The van der Waals surface area contributed by atoms with Gasteiger partial charge in [0.15, 0.2) is 0 Å². The SMILES string of the molecule is CCCCC/C=C\C/C=C\CCCCCCCC(=O)OCC(COC(=O)CCCCCCC/C=C\C/C=C\CCCCC)(COC(=O)CCCCCCC/C=C\C/C=C\CCCCC)NCCS. The number of rotatable bonds is 51. The summed E-state index contributed by atoms with van der Waals surface area (Å²) in [4.78, 5) is 39.0. The highest BCUT2D eigenvalue weighted by molar-refractivity contribution is 7.80. The van der Waals surface area contributed by atoms with E-state index in [-0.39, 0.29) is 37.7 Å². The third kappa shape index (κ3) is 48.2. The lowest BCUT2D eigenvalue weighted by molar-refractivity contribution is -0.157. The zero-order chi connectivity index (χ0) is 49.5. The average molecular weight is 969 g/mol. The van der Waals surface area contributed by atoms with Gasteiger partial charge in [0.05, 0.1) is 0 Å². The van der Waals surface area contributed by atoms with Gasteiger partial charge in [-0.25, -0.2) is 0 Å². The minimum atomic E-state index is -1.06. The van der Waals surface area contributed by atoms with E-state index in [9.17, 15) is 14.4 Å². The van der Waals surface area contributed by atoms with Crippen molar-refractivity contribution < 1.29 is 28.6 Å². The highest BCUT2D eigenvalue weighted by Crippen LogP contribution is 2.16. The Morgan fingerprint density at radius 2 is 0.618 bits per heavy atom. The molecule has 0 rings (SSSR count). The number of hydrogen-bond donors (Lipinski definition) is 2. The summed E-state index contributed by atoms with van der Waals surface area (Å²) in [5.74, 6) is -0.358. The van der Waals surface area contributed by atoms with Gasteiger partial charge < -0.3 is 19.5 Å². The van der Waals surface area contributed by atoms with Gasteiger partial charge >= 0.3 is 17.9 Å². The molecular formula is C60H105NO6S. The van der Waals surface area contributed by atoms with E-state index in [1.165, 1.54) is 77.0 Å². The lowest BCUT2D eigenvalue weighted by Crippen LogP contribution is -2.58. The second-order valence-corrected chi connectivity index (χ2v) is 19.3. The van der Waals surface area contributed by atoms with Crippen LogP contribution in [-0.4, -0.2) is 55.6 Å². The van der Waals surface area contributed by atoms with E-state index in [1.54, 1.807) is 0 Å². The molecule has 0 atom stereocenters. The summed E-state index contributed by atoms with van der Waals surface area (Å²) >= 11 is 4.41. The Bertz CT molecular complexity index is 1170. The first-order chi connectivity index (χ1) is 33.4. The molecule has 68 heavy (non-hydrogen) atoms. The van der Waals surface area contributed by atoms with E-state index < -0.39 is 5.54 Å². The Labute approximate surface area is 425 Å². The second-order valence-electron chi connectivity index (χ2n) is 18.9. The van der Waals surface area contributed by atoms with Crippen molar-refractivity contribution in [2.45, 2.75) is 257 Å². The molecule has 0 aliphatic heterocycles. The maximum atomic E-state index is 13.0. The molecule has 0 aliphatic carbocycles. The summed E-state index contributed by atoms with van der Waals surface area (Å²) in [6.07, 6.45) is 65.1. The van der Waals surface area contributed by atoms with Gasteiger partial charge in [0.2, 0.25) is 0 Å². The van der Waals surface area contributed by atoms with Crippen LogP contribution < -0.4 is 5.32 Å². The molecule has 1 N–H and O–H groups in total. The molecule has 0 saturated heterocycles. The number of esters is 3. The van der Waals surface area contributed by atoms with Crippen LogP contribution in [0.5, 0.6) is 0 Å². The van der Waals surface area contributed by atoms with E-state index in [0.717, 1.165) is 135 Å². The number of unbranched alkanes of at least 4 members (excludes halogenated alkanes) is 24. The monoisotopic (exact) mass is 968 g/mol. The molecule has 0 unspecified atom stereocenters. The minimum Gasteiger partial charge on any atom is -0.463 e. The zero-order valence-electron chi connectivity index (χ0n) is 44.3. The van der Waals surface area contributed by atoms with E-state index >= 15 is 0 Å². The Kier molecular flexibility index (Phi) is 51.3. The number of nitrogens with one attached hydrogen (secondary N) is 1. The molecule has 0 aromatic rings. The number of hydrogen-bond acceptors (Lipinski definition) is 8. The molecule has 0 amide bonds. The maximum absolute atomic E-state index is 13.0. The fourth-order valence-corrected chi connectivity index (χ4v) is 7.83. The van der Waals surface area contributed by atoms with Crippen LogP contribution in [0.25, 0.3) is 0 Å². The molecule has 7 nitrogen and oxygen atoms in total. The molecule has 0 aliphatic rings. The van der Waals surface area contributed by atoms with Crippen LogP contribution >= 0.6 is 12.6 Å². The predicted molar refractivity (Wildman–Crippen MR) is 296 cm³/mol. The Morgan fingerprint density at radius 3 is 0.882 bits per heavy atom. The van der Waals surface area contributed by atoms with Crippen molar-refractivity contribution in [1.29, 1.82) is 0 Å². The van der Waals surface area contributed by atoms with Crippen molar-refractivity contribution in [3.05, 3.63) is 72.9 Å². The lowest BCUT2D eigenvalue weighted by Gasteiger charge is -2.33. The standard InChI is InChI=1S/C60H105NO6S/c1-4-7-10-13-16-19-22-25-28-31-34-37-40-43-46-49-57(62)65-54-60(61-52-53-68,55-66-58(63)50-47-44-41-38-35-32-29-26-23-20-17-14-11-8-5-2)56-67-59(64)51-48-45-42-39-36-33-30-27-24-21-18-15-12-9-6-3/h16-21,25-30,61,68H,4-15,22-24,31-56H2,1-3H3/b19-16-,20-17-,21-18-,28-25-,29-26-,30-27-. The first-order valence-corrected chi connectivity index (χ1v) is 28.8. The van der Waals surface area contributed by atoms with Gasteiger partial charge in [-0.1, -0.05) is 190 Å². The molecule has 8 heteroatoms. The molecule has 0 heterocycles. The third-order valence-electron chi connectivity index (χ3n) is 12.1. The zero-order valence-corrected chi connectivity index (χ0v) is 45.2. The van der Waals surface area contributed by atoms with Crippen LogP contribution in [0.2, 0.25) is 0 Å². The quantitative estimate of drug-likeness (QED) is 0.0206. The van der Waals surface area contributed by atoms with E-state index in [1.807, 2.05) is 0 Å². The van der Waals surface area contributed by atoms with Crippen molar-refractivity contribution in [3.63, 3.8) is 0 Å². The number of allylic oxidation sites excluding steroid dienone is 12. The van der Waals surface area contributed by atoms with Crippen LogP contribution in [-0.2, 0) is 28.6 Å². The smallest absolute Gasteiger partial charge is 0.305 e. The van der Waals surface area contributed by atoms with Crippen molar-refractivity contribution in [3.8, 4) is 0 Å². The highest BCUT2D eigenvalue weighted by atomic mass is 32.1. The summed E-state index contributed by atoms with van der Waals surface area (Å²) in [6.45, 7) is 7.00. The third-order valence-corrected chi connectivity index (χ3v) is 12.4. The fraction of sp³-hybridized carbons (Fsp3) is 0.750.